The van der Waals surface area contributed by atoms with Crippen molar-refractivity contribution in [3.05, 3.63) is 182 Å². The summed E-state index contributed by atoms with van der Waals surface area (Å²) in [6, 6.07) is 67.6. The van der Waals surface area contributed by atoms with E-state index in [0.29, 0.717) is 0 Å². The fraction of sp³-hybridized carbons (Fsp3) is 0. The predicted molar refractivity (Wildman–Crippen MR) is 223 cm³/mol. The van der Waals surface area contributed by atoms with Gasteiger partial charge in [0.2, 0.25) is 0 Å². The molecule has 1 heteroatoms. The quantitative estimate of drug-likeness (QED) is 0.165. The Kier molecular flexibility index (Phi) is 6.22. The Balaban J connectivity index is 0.958. The Morgan fingerprint density at radius 1 is 0.255 bits per heavy atom. The first-order chi connectivity index (χ1) is 25.2. The van der Waals surface area contributed by atoms with Crippen LogP contribution < -0.4 is 0 Å². The van der Waals surface area contributed by atoms with Gasteiger partial charge in [-0.1, -0.05) is 146 Å². The summed E-state index contributed by atoms with van der Waals surface area (Å²) < 4.78 is 2.69. The largest absolute Gasteiger partial charge is 0.135 e. The Morgan fingerprint density at radius 2 is 0.765 bits per heavy atom. The number of hydrogen-bond acceptors (Lipinski definition) is 1. The molecule has 0 aliphatic carbocycles. The van der Waals surface area contributed by atoms with Gasteiger partial charge in [0.05, 0.1) is 0 Å². The minimum Gasteiger partial charge on any atom is -0.135 e. The number of benzene rings is 10. The Bertz CT molecular complexity index is 3200. The highest BCUT2D eigenvalue weighted by Gasteiger charge is 2.12. The van der Waals surface area contributed by atoms with E-state index in [9.17, 15) is 0 Å². The molecule has 0 atom stereocenters. The van der Waals surface area contributed by atoms with E-state index < -0.39 is 0 Å². The van der Waals surface area contributed by atoms with Gasteiger partial charge in [-0.05, 0) is 124 Å². The first-order valence-electron chi connectivity index (χ1n) is 17.6. The van der Waals surface area contributed by atoms with Crippen molar-refractivity contribution in [2.75, 3.05) is 0 Å². The standard InChI is InChI=1S/C50H30S/c1-2-7-42-32(6-1)22-25-45-44(42)24-23-33-14-16-39(30-48(33)45)37-20-19-34-26-36(18-17-35(34)27-37)38-15-12-31-13-21-40(29-41(31)28-38)43-9-5-10-47-46-8-3-4-11-49(46)51-50(43)47/h1-30H. The van der Waals surface area contributed by atoms with Gasteiger partial charge >= 0.3 is 0 Å². The molecule has 0 bridgehead atoms. The second-order valence-corrected chi connectivity index (χ2v) is 14.8. The van der Waals surface area contributed by atoms with Crippen molar-refractivity contribution in [2.24, 2.45) is 0 Å². The van der Waals surface area contributed by atoms with E-state index >= 15 is 0 Å². The zero-order valence-corrected chi connectivity index (χ0v) is 28.5. The van der Waals surface area contributed by atoms with Gasteiger partial charge in [-0.15, -0.1) is 11.3 Å². The van der Waals surface area contributed by atoms with Crippen molar-refractivity contribution >= 4 is 85.4 Å². The lowest BCUT2D eigenvalue weighted by atomic mass is 9.93. The normalized spacial score (nSPS) is 11.9. The molecule has 236 valence electrons. The zero-order chi connectivity index (χ0) is 33.5. The topological polar surface area (TPSA) is 0 Å². The van der Waals surface area contributed by atoms with Crippen LogP contribution in [0.1, 0.15) is 0 Å². The summed E-state index contributed by atoms with van der Waals surface area (Å²) in [5, 5.41) is 15.5. The van der Waals surface area contributed by atoms with Crippen molar-refractivity contribution in [3.63, 3.8) is 0 Å². The van der Waals surface area contributed by atoms with E-state index in [0.717, 1.165) is 0 Å². The summed E-state index contributed by atoms with van der Waals surface area (Å²) in [5.41, 5.74) is 7.51. The summed E-state index contributed by atoms with van der Waals surface area (Å²) in [6.45, 7) is 0. The summed E-state index contributed by atoms with van der Waals surface area (Å²) in [4.78, 5) is 0. The second-order valence-electron chi connectivity index (χ2n) is 13.7. The third-order valence-corrected chi connectivity index (χ3v) is 12.0. The van der Waals surface area contributed by atoms with Crippen molar-refractivity contribution in [2.45, 2.75) is 0 Å². The maximum absolute atomic E-state index is 2.37. The highest BCUT2D eigenvalue weighted by Crippen LogP contribution is 2.41. The second kappa shape index (κ2) is 11.1. The van der Waals surface area contributed by atoms with Crippen LogP contribution in [-0.4, -0.2) is 0 Å². The molecule has 11 rings (SSSR count). The lowest BCUT2D eigenvalue weighted by Crippen LogP contribution is -1.85. The van der Waals surface area contributed by atoms with Gasteiger partial charge in [0.15, 0.2) is 0 Å². The van der Waals surface area contributed by atoms with Gasteiger partial charge in [-0.2, -0.15) is 0 Å². The fourth-order valence-electron chi connectivity index (χ4n) is 8.17. The molecule has 51 heavy (non-hydrogen) atoms. The SMILES string of the molecule is c1ccc2c(c1)ccc1c3cc(-c4ccc5cc(-c6ccc7ccc(-c8cccc9c8sc8ccccc89)cc7c6)ccc5c4)ccc3ccc21. The van der Waals surface area contributed by atoms with E-state index in [1.165, 1.54) is 107 Å². The van der Waals surface area contributed by atoms with E-state index in [2.05, 4.69) is 182 Å². The molecule has 1 heterocycles. The molecule has 0 nitrogen and oxygen atoms in total. The highest BCUT2D eigenvalue weighted by atomic mass is 32.1. The molecule has 10 aromatic carbocycles. The molecule has 0 amide bonds. The van der Waals surface area contributed by atoms with Gasteiger partial charge in [-0.25, -0.2) is 0 Å². The van der Waals surface area contributed by atoms with Crippen LogP contribution in [-0.2, 0) is 0 Å². The molecule has 11 aromatic rings. The minimum absolute atomic E-state index is 1.23. The molecule has 1 aromatic heterocycles. The summed E-state index contributed by atoms with van der Waals surface area (Å²) in [6.07, 6.45) is 0. The average molecular weight is 663 g/mol. The number of rotatable bonds is 3. The Morgan fingerprint density at radius 3 is 1.53 bits per heavy atom. The van der Waals surface area contributed by atoms with Crippen LogP contribution in [0.25, 0.3) is 107 Å². The highest BCUT2D eigenvalue weighted by molar-refractivity contribution is 7.26. The Hall–Kier alpha value is -6.28. The first-order valence-corrected chi connectivity index (χ1v) is 18.4. The van der Waals surface area contributed by atoms with Crippen LogP contribution in [0.5, 0.6) is 0 Å². The van der Waals surface area contributed by atoms with Crippen LogP contribution in [0.15, 0.2) is 182 Å². The Labute approximate surface area is 299 Å². The summed E-state index contributed by atoms with van der Waals surface area (Å²) in [7, 11) is 0. The van der Waals surface area contributed by atoms with Gasteiger partial charge < -0.3 is 0 Å². The van der Waals surface area contributed by atoms with Gasteiger partial charge in [0.25, 0.3) is 0 Å². The van der Waals surface area contributed by atoms with E-state index in [4.69, 9.17) is 0 Å². The van der Waals surface area contributed by atoms with E-state index in [-0.39, 0.29) is 0 Å². The van der Waals surface area contributed by atoms with Crippen LogP contribution in [0.4, 0.5) is 0 Å². The van der Waals surface area contributed by atoms with Crippen LogP contribution in [0.2, 0.25) is 0 Å². The lowest BCUT2D eigenvalue weighted by molar-refractivity contribution is 1.65. The maximum Gasteiger partial charge on any atom is 0.0433 e. The molecule has 0 spiro atoms. The summed E-state index contributed by atoms with van der Waals surface area (Å²) in [5.74, 6) is 0. The minimum atomic E-state index is 1.23. The van der Waals surface area contributed by atoms with Crippen molar-refractivity contribution in [1.82, 2.24) is 0 Å². The number of thiophene rings is 1. The third kappa shape index (κ3) is 4.59. The molecule has 0 unspecified atom stereocenters. The monoisotopic (exact) mass is 662 g/mol. The molecular weight excluding hydrogens is 633 g/mol. The predicted octanol–water partition coefficient (Wildman–Crippen LogP) is 14.8. The van der Waals surface area contributed by atoms with E-state index in [1.807, 2.05) is 11.3 Å². The molecule has 0 aliphatic heterocycles. The zero-order valence-electron chi connectivity index (χ0n) is 27.7. The van der Waals surface area contributed by atoms with Crippen molar-refractivity contribution in [3.8, 4) is 33.4 Å². The van der Waals surface area contributed by atoms with Crippen molar-refractivity contribution in [1.29, 1.82) is 0 Å². The smallest absolute Gasteiger partial charge is 0.0433 e. The molecule has 0 saturated carbocycles. The van der Waals surface area contributed by atoms with Gasteiger partial charge in [0.1, 0.15) is 0 Å². The van der Waals surface area contributed by atoms with Crippen LogP contribution in [0, 0.1) is 0 Å². The first kappa shape index (κ1) is 28.5. The lowest BCUT2D eigenvalue weighted by Gasteiger charge is -2.11. The fourth-order valence-corrected chi connectivity index (χ4v) is 9.41. The molecule has 0 radical (unpaired) electrons. The van der Waals surface area contributed by atoms with Gasteiger partial charge in [-0.3, -0.25) is 0 Å². The average Bonchev–Trinajstić information content (AvgIpc) is 3.58. The molecule has 0 saturated heterocycles. The van der Waals surface area contributed by atoms with Crippen LogP contribution >= 0.6 is 11.3 Å². The molecular formula is C50H30S. The molecule has 0 N–H and O–H groups in total. The number of fused-ring (bicyclic) bond motifs is 10. The molecule has 0 fully saturated rings. The summed E-state index contributed by atoms with van der Waals surface area (Å²) >= 11 is 1.89. The van der Waals surface area contributed by atoms with Crippen LogP contribution in [0.3, 0.4) is 0 Å². The maximum atomic E-state index is 2.37. The van der Waals surface area contributed by atoms with Crippen molar-refractivity contribution < 1.29 is 0 Å². The third-order valence-electron chi connectivity index (χ3n) is 10.8. The molecule has 0 aliphatic rings. The van der Waals surface area contributed by atoms with E-state index in [1.54, 1.807) is 0 Å². The number of hydrogen-bond donors (Lipinski definition) is 0. The van der Waals surface area contributed by atoms with Gasteiger partial charge in [0, 0.05) is 20.2 Å².